The fourth-order valence-corrected chi connectivity index (χ4v) is 4.83. The Balaban J connectivity index is 1.78. The zero-order chi connectivity index (χ0) is 22.2. The molecule has 2 nitrogen and oxygen atoms in total. The second-order valence-corrected chi connectivity index (χ2v) is 10.3. The molecule has 0 saturated heterocycles. The van der Waals surface area contributed by atoms with Crippen molar-refractivity contribution >= 4 is 11.8 Å². The molecule has 0 heterocycles. The van der Waals surface area contributed by atoms with Crippen molar-refractivity contribution in [3.05, 3.63) is 35.9 Å². The number of rotatable bonds is 23. The third-order valence-electron chi connectivity index (χ3n) is 5.98. The second-order valence-electron chi connectivity index (χ2n) is 8.98. The van der Waals surface area contributed by atoms with Gasteiger partial charge in [-0.2, -0.15) is 0 Å². The predicted octanol–water partition coefficient (Wildman–Crippen LogP) is 8.56. The van der Waals surface area contributed by atoms with Gasteiger partial charge in [0, 0.05) is 12.4 Å². The summed E-state index contributed by atoms with van der Waals surface area (Å²) in [7, 11) is 0. The highest BCUT2D eigenvalue weighted by atomic mass is 32.2. The largest absolute Gasteiger partial charge is 0.395 e. The minimum absolute atomic E-state index is 0.182. The molecule has 1 aromatic carbocycles. The number of benzene rings is 1. The lowest BCUT2D eigenvalue weighted by atomic mass is 10.0. The van der Waals surface area contributed by atoms with Gasteiger partial charge < -0.3 is 9.84 Å². The van der Waals surface area contributed by atoms with Crippen molar-refractivity contribution in [2.24, 2.45) is 0 Å². The Bertz CT molecular complexity index is 465. The Kier molecular flexibility index (Phi) is 20.9. The summed E-state index contributed by atoms with van der Waals surface area (Å²) in [6, 6.07) is 10.5. The van der Waals surface area contributed by atoms with Crippen LogP contribution >= 0.6 is 11.8 Å². The van der Waals surface area contributed by atoms with Gasteiger partial charge in [-0.1, -0.05) is 134 Å². The number of hydrogen-bond donors (Lipinski definition) is 1. The average Bonchev–Trinajstić information content (AvgIpc) is 2.81. The normalized spacial score (nSPS) is 12.3. The minimum Gasteiger partial charge on any atom is -0.395 e. The van der Waals surface area contributed by atoms with Crippen LogP contribution in [0.4, 0.5) is 0 Å². The summed E-state index contributed by atoms with van der Waals surface area (Å²) < 4.78 is 5.81. The number of hydrogen-bond acceptors (Lipinski definition) is 3. The number of aliphatic hydroxyl groups is 1. The molecular formula is C28H50O2S. The van der Waals surface area contributed by atoms with E-state index in [1.54, 1.807) is 11.8 Å². The van der Waals surface area contributed by atoms with Gasteiger partial charge in [-0.05, 0) is 12.0 Å². The molecular weight excluding hydrogens is 400 g/mol. The van der Waals surface area contributed by atoms with Crippen molar-refractivity contribution in [1.82, 2.24) is 0 Å². The maximum atomic E-state index is 9.55. The second kappa shape index (κ2) is 22.7. The highest BCUT2D eigenvalue weighted by Crippen LogP contribution is 2.18. The summed E-state index contributed by atoms with van der Waals surface area (Å²) in [4.78, 5) is 0. The monoisotopic (exact) mass is 450 g/mol. The Morgan fingerprint density at radius 3 is 1.68 bits per heavy atom. The minimum atomic E-state index is 0.182. The van der Waals surface area contributed by atoms with E-state index in [4.69, 9.17) is 4.74 Å². The Morgan fingerprint density at radius 2 is 1.19 bits per heavy atom. The third kappa shape index (κ3) is 18.7. The topological polar surface area (TPSA) is 29.5 Å². The lowest BCUT2D eigenvalue weighted by Crippen LogP contribution is -2.17. The highest BCUT2D eigenvalue weighted by molar-refractivity contribution is 7.99. The molecule has 1 unspecified atom stereocenters. The van der Waals surface area contributed by atoms with Gasteiger partial charge in [0.1, 0.15) is 0 Å². The summed E-state index contributed by atoms with van der Waals surface area (Å²) in [5.74, 6) is 0.939. The summed E-state index contributed by atoms with van der Waals surface area (Å²) >= 11 is 1.79. The standard InChI is InChI=1S/C28H50O2S/c1-2-3-4-5-6-7-8-9-10-11-12-13-14-15-16-20-23-30-25-28(24-29)31-26-27-21-18-17-19-22-27/h17-19,21-22,28-29H,2-16,20,23-26H2,1H3. The maximum absolute atomic E-state index is 9.55. The molecule has 1 atom stereocenters. The Morgan fingerprint density at radius 1 is 0.710 bits per heavy atom. The van der Waals surface area contributed by atoms with Gasteiger partial charge in [0.2, 0.25) is 0 Å². The lowest BCUT2D eigenvalue weighted by molar-refractivity contribution is 0.117. The summed E-state index contributed by atoms with van der Waals surface area (Å²) in [6.45, 7) is 3.97. The molecule has 0 fully saturated rings. The van der Waals surface area contributed by atoms with Crippen molar-refractivity contribution in [2.75, 3.05) is 19.8 Å². The molecule has 0 radical (unpaired) electrons. The zero-order valence-corrected chi connectivity index (χ0v) is 21.2. The van der Waals surface area contributed by atoms with Crippen molar-refractivity contribution < 1.29 is 9.84 Å². The molecule has 3 heteroatoms. The van der Waals surface area contributed by atoms with Crippen LogP contribution in [0.1, 0.15) is 115 Å². The van der Waals surface area contributed by atoms with E-state index in [0.29, 0.717) is 6.61 Å². The van der Waals surface area contributed by atoms with E-state index in [-0.39, 0.29) is 11.9 Å². The quantitative estimate of drug-likeness (QED) is 0.169. The first kappa shape index (κ1) is 28.5. The molecule has 180 valence electrons. The van der Waals surface area contributed by atoms with Gasteiger partial charge in [0.15, 0.2) is 0 Å². The Labute approximate surface area is 197 Å². The molecule has 1 aromatic rings. The lowest BCUT2D eigenvalue weighted by Gasteiger charge is -2.14. The van der Waals surface area contributed by atoms with E-state index in [2.05, 4.69) is 31.2 Å². The van der Waals surface area contributed by atoms with E-state index >= 15 is 0 Å². The molecule has 0 aliphatic carbocycles. The first-order valence-electron chi connectivity index (χ1n) is 13.2. The molecule has 0 aromatic heterocycles. The van der Waals surface area contributed by atoms with Crippen molar-refractivity contribution in [3.8, 4) is 0 Å². The molecule has 31 heavy (non-hydrogen) atoms. The van der Waals surface area contributed by atoms with Crippen LogP contribution in [0.3, 0.4) is 0 Å². The molecule has 0 saturated carbocycles. The average molecular weight is 451 g/mol. The van der Waals surface area contributed by atoms with Crippen LogP contribution in [0.15, 0.2) is 30.3 Å². The number of unbranched alkanes of at least 4 members (excludes halogenated alkanes) is 15. The van der Waals surface area contributed by atoms with Crippen molar-refractivity contribution in [3.63, 3.8) is 0 Å². The van der Waals surface area contributed by atoms with Crippen LogP contribution in [-0.2, 0) is 10.5 Å². The molecule has 1 rings (SSSR count). The number of aliphatic hydroxyl groups excluding tert-OH is 1. The van der Waals surface area contributed by atoms with Crippen LogP contribution in [0, 0.1) is 0 Å². The highest BCUT2D eigenvalue weighted by Gasteiger charge is 2.08. The molecule has 0 aliphatic rings. The van der Waals surface area contributed by atoms with Crippen LogP contribution in [0.5, 0.6) is 0 Å². The van der Waals surface area contributed by atoms with Gasteiger partial charge in [0.25, 0.3) is 0 Å². The van der Waals surface area contributed by atoms with Gasteiger partial charge in [0.05, 0.1) is 18.5 Å². The van der Waals surface area contributed by atoms with E-state index < -0.39 is 0 Å². The molecule has 0 amide bonds. The third-order valence-corrected chi connectivity index (χ3v) is 7.23. The van der Waals surface area contributed by atoms with Crippen molar-refractivity contribution in [2.45, 2.75) is 121 Å². The Hall–Kier alpha value is -0.510. The van der Waals surface area contributed by atoms with Crippen LogP contribution in [0.25, 0.3) is 0 Å². The van der Waals surface area contributed by atoms with Crippen molar-refractivity contribution in [1.29, 1.82) is 0 Å². The van der Waals surface area contributed by atoms with Crippen LogP contribution in [-0.4, -0.2) is 30.2 Å². The van der Waals surface area contributed by atoms with Crippen LogP contribution in [0.2, 0.25) is 0 Å². The smallest absolute Gasteiger partial charge is 0.0607 e. The van der Waals surface area contributed by atoms with E-state index in [0.717, 1.165) is 18.8 Å². The molecule has 0 aliphatic heterocycles. The number of ether oxygens (including phenoxy) is 1. The predicted molar refractivity (Wildman–Crippen MR) is 139 cm³/mol. The van der Waals surface area contributed by atoms with E-state index in [1.165, 1.54) is 102 Å². The number of thioether (sulfide) groups is 1. The summed E-state index contributed by atoms with van der Waals surface area (Å²) in [6.07, 6.45) is 22.3. The molecule has 0 bridgehead atoms. The van der Waals surface area contributed by atoms with Gasteiger partial charge >= 0.3 is 0 Å². The summed E-state index contributed by atoms with van der Waals surface area (Å²) in [5.41, 5.74) is 1.31. The van der Waals surface area contributed by atoms with Gasteiger partial charge in [-0.25, -0.2) is 0 Å². The first-order valence-corrected chi connectivity index (χ1v) is 14.3. The first-order chi connectivity index (χ1) is 15.4. The summed E-state index contributed by atoms with van der Waals surface area (Å²) in [5, 5.41) is 9.73. The maximum Gasteiger partial charge on any atom is 0.0607 e. The van der Waals surface area contributed by atoms with Gasteiger partial charge in [-0.15, -0.1) is 11.8 Å². The fraction of sp³-hybridized carbons (Fsp3) is 0.786. The van der Waals surface area contributed by atoms with E-state index in [9.17, 15) is 5.11 Å². The van der Waals surface area contributed by atoms with Gasteiger partial charge in [-0.3, -0.25) is 0 Å². The SMILES string of the molecule is CCCCCCCCCCCCCCCCCCOCC(CO)SCc1ccccc1. The molecule has 0 spiro atoms. The zero-order valence-electron chi connectivity index (χ0n) is 20.4. The fourth-order valence-electron chi connectivity index (χ4n) is 3.91. The van der Waals surface area contributed by atoms with E-state index in [1.807, 2.05) is 6.07 Å². The van der Waals surface area contributed by atoms with Crippen LogP contribution < -0.4 is 0 Å². The molecule has 1 N–H and O–H groups in total.